The lowest BCUT2D eigenvalue weighted by molar-refractivity contribution is -0.149. The maximum atomic E-state index is 12.2. The van der Waals surface area contributed by atoms with Gasteiger partial charge in [-0.15, -0.1) is 0 Å². The summed E-state index contributed by atoms with van der Waals surface area (Å²) < 4.78 is 5.17. The molecule has 0 unspecified atom stereocenters. The number of benzene rings is 1. The predicted octanol–water partition coefficient (Wildman–Crippen LogP) is 0.316. The van der Waals surface area contributed by atoms with E-state index in [0.29, 0.717) is 23.9 Å². The van der Waals surface area contributed by atoms with E-state index in [1.54, 1.807) is 13.0 Å². The molecule has 110 valence electrons. The molecule has 1 fully saturated rings. The first-order chi connectivity index (χ1) is 10.2. The summed E-state index contributed by atoms with van der Waals surface area (Å²) in [6, 6.07) is 5.08. The zero-order valence-corrected chi connectivity index (χ0v) is 11.8. The van der Waals surface area contributed by atoms with E-state index in [0.717, 1.165) is 18.5 Å². The first kappa shape index (κ1) is 13.9. The van der Waals surface area contributed by atoms with Gasteiger partial charge in [-0.25, -0.2) is 4.79 Å². The van der Waals surface area contributed by atoms with E-state index in [4.69, 9.17) is 4.74 Å². The molecule has 2 aliphatic heterocycles. The lowest BCUT2D eigenvalue weighted by Crippen LogP contribution is -2.43. The number of nitrogens with zero attached hydrogens (tertiary/aromatic N) is 2. The molecule has 0 spiro atoms. The number of fused-ring (bicyclic) bond motifs is 1. The van der Waals surface area contributed by atoms with E-state index in [-0.39, 0.29) is 17.8 Å². The second-order valence-corrected chi connectivity index (χ2v) is 5.18. The van der Waals surface area contributed by atoms with Crippen molar-refractivity contribution in [2.45, 2.75) is 19.3 Å². The second-order valence-electron chi connectivity index (χ2n) is 5.18. The molecule has 2 amide bonds. The minimum atomic E-state index is -0.473. The summed E-state index contributed by atoms with van der Waals surface area (Å²) >= 11 is 0. The Morgan fingerprint density at radius 3 is 3.10 bits per heavy atom. The molecule has 0 saturated carbocycles. The SMILES string of the molecule is CCOC(=O)[C@H]1CNCC[C@@H]1c1cccc2c1=NC(=O)N=2. The van der Waals surface area contributed by atoms with Crippen LogP contribution in [-0.2, 0) is 9.53 Å². The monoisotopic (exact) mass is 287 g/mol. The third-order valence-electron chi connectivity index (χ3n) is 3.94. The van der Waals surface area contributed by atoms with Crippen molar-refractivity contribution in [3.8, 4) is 0 Å². The van der Waals surface area contributed by atoms with Gasteiger partial charge in [-0.1, -0.05) is 12.1 Å². The number of nitrogens with one attached hydrogen (secondary N) is 1. The number of urea groups is 1. The summed E-state index contributed by atoms with van der Waals surface area (Å²) in [7, 11) is 0. The second kappa shape index (κ2) is 5.73. The number of esters is 1. The number of hydrogen-bond donors (Lipinski definition) is 1. The molecule has 1 N–H and O–H groups in total. The molecule has 0 aromatic heterocycles. The number of para-hydroxylation sites is 1. The Balaban J connectivity index is 2.01. The van der Waals surface area contributed by atoms with E-state index >= 15 is 0 Å². The van der Waals surface area contributed by atoms with Crippen LogP contribution in [-0.4, -0.2) is 31.7 Å². The van der Waals surface area contributed by atoms with Gasteiger partial charge in [0, 0.05) is 12.5 Å². The summed E-state index contributed by atoms with van der Waals surface area (Å²) in [6.45, 7) is 3.58. The number of piperidine rings is 1. The molecule has 3 rings (SSSR count). The average molecular weight is 287 g/mol. The van der Waals surface area contributed by atoms with Crippen molar-refractivity contribution in [3.63, 3.8) is 0 Å². The summed E-state index contributed by atoms with van der Waals surface area (Å²) in [5.41, 5.74) is 0.918. The van der Waals surface area contributed by atoms with Crippen LogP contribution in [0, 0.1) is 5.92 Å². The number of carbonyl (C=O) groups is 2. The number of carbonyl (C=O) groups excluding carboxylic acids is 2. The summed E-state index contributed by atoms with van der Waals surface area (Å²) in [6.07, 6.45) is 0.809. The smallest absolute Gasteiger partial charge is 0.368 e. The molecule has 1 aromatic carbocycles. The summed E-state index contributed by atoms with van der Waals surface area (Å²) in [4.78, 5) is 31.4. The van der Waals surface area contributed by atoms with Crippen molar-refractivity contribution >= 4 is 12.0 Å². The van der Waals surface area contributed by atoms with Crippen molar-refractivity contribution in [1.82, 2.24) is 5.32 Å². The van der Waals surface area contributed by atoms with Crippen LogP contribution in [0.15, 0.2) is 28.2 Å². The molecule has 0 bridgehead atoms. The molecule has 6 heteroatoms. The Hall–Kier alpha value is -2.08. The van der Waals surface area contributed by atoms with E-state index in [9.17, 15) is 9.59 Å². The fraction of sp³-hybridized carbons (Fsp3) is 0.467. The van der Waals surface area contributed by atoms with Gasteiger partial charge in [-0.05, 0) is 31.5 Å². The van der Waals surface area contributed by atoms with Crippen LogP contribution >= 0.6 is 0 Å². The number of amides is 2. The predicted molar refractivity (Wildman–Crippen MR) is 74.5 cm³/mol. The van der Waals surface area contributed by atoms with Gasteiger partial charge in [0.2, 0.25) is 0 Å². The van der Waals surface area contributed by atoms with Gasteiger partial charge in [-0.2, -0.15) is 9.98 Å². The highest BCUT2D eigenvalue weighted by atomic mass is 16.5. The van der Waals surface area contributed by atoms with Crippen molar-refractivity contribution < 1.29 is 14.3 Å². The molecule has 6 nitrogen and oxygen atoms in total. The van der Waals surface area contributed by atoms with Crippen LogP contribution in [0.2, 0.25) is 0 Å². The quantitative estimate of drug-likeness (QED) is 0.812. The van der Waals surface area contributed by atoms with Gasteiger partial charge in [-0.3, -0.25) is 4.79 Å². The van der Waals surface area contributed by atoms with Crippen LogP contribution in [0.5, 0.6) is 0 Å². The number of hydrogen-bond acceptors (Lipinski definition) is 4. The van der Waals surface area contributed by atoms with E-state index in [1.807, 2.05) is 12.1 Å². The van der Waals surface area contributed by atoms with Gasteiger partial charge in [0.25, 0.3) is 0 Å². The highest BCUT2D eigenvalue weighted by molar-refractivity contribution is 5.78. The molecule has 1 aromatic rings. The van der Waals surface area contributed by atoms with E-state index in [1.165, 1.54) is 0 Å². The standard InChI is InChI=1S/C15H17N3O3/c1-2-21-14(19)11-8-16-7-6-9(11)10-4-3-5-12-13(10)18-15(20)17-12/h3-5,9,11,16H,2,6-8H2,1H3/t9-,11+/m1/s1. The normalized spacial score (nSPS) is 24.0. The van der Waals surface area contributed by atoms with E-state index in [2.05, 4.69) is 15.3 Å². The molecule has 0 radical (unpaired) electrons. The molecule has 2 aliphatic rings. The molecule has 1 saturated heterocycles. The molecule has 2 heterocycles. The maximum Gasteiger partial charge on any atom is 0.368 e. The lowest BCUT2D eigenvalue weighted by atomic mass is 9.81. The topological polar surface area (TPSA) is 80.1 Å². The van der Waals surface area contributed by atoms with Crippen molar-refractivity contribution in [1.29, 1.82) is 0 Å². The minimum absolute atomic E-state index is 0.00472. The zero-order chi connectivity index (χ0) is 14.8. The van der Waals surface area contributed by atoms with Crippen molar-refractivity contribution in [2.75, 3.05) is 19.7 Å². The van der Waals surface area contributed by atoms with Gasteiger partial charge < -0.3 is 10.1 Å². The summed E-state index contributed by atoms with van der Waals surface area (Å²) in [5.74, 6) is -0.449. The Morgan fingerprint density at radius 2 is 2.29 bits per heavy atom. The Bertz CT molecular complexity index is 699. The van der Waals surface area contributed by atoms with Crippen LogP contribution in [0.25, 0.3) is 0 Å². The van der Waals surface area contributed by atoms with Crippen molar-refractivity contribution in [3.05, 3.63) is 34.5 Å². The van der Waals surface area contributed by atoms with E-state index < -0.39 is 6.03 Å². The first-order valence-corrected chi connectivity index (χ1v) is 7.18. The third kappa shape index (κ3) is 2.58. The minimum Gasteiger partial charge on any atom is -0.466 e. The maximum absolute atomic E-state index is 12.2. The third-order valence-corrected chi connectivity index (χ3v) is 3.94. The van der Waals surface area contributed by atoms with Crippen molar-refractivity contribution in [2.24, 2.45) is 15.9 Å². The van der Waals surface area contributed by atoms with Gasteiger partial charge in [0.05, 0.1) is 23.2 Å². The van der Waals surface area contributed by atoms with Crippen LogP contribution in [0.4, 0.5) is 4.79 Å². The molecule has 0 aliphatic carbocycles. The van der Waals surface area contributed by atoms with Crippen LogP contribution in [0.3, 0.4) is 0 Å². The lowest BCUT2D eigenvalue weighted by Gasteiger charge is -2.30. The molecular formula is C15H17N3O3. The molecular weight excluding hydrogens is 270 g/mol. The number of rotatable bonds is 3. The Kier molecular flexibility index (Phi) is 3.79. The highest BCUT2D eigenvalue weighted by Crippen LogP contribution is 2.29. The Morgan fingerprint density at radius 1 is 1.43 bits per heavy atom. The largest absolute Gasteiger partial charge is 0.466 e. The highest BCUT2D eigenvalue weighted by Gasteiger charge is 2.34. The van der Waals surface area contributed by atoms with Gasteiger partial charge in [0.1, 0.15) is 0 Å². The van der Waals surface area contributed by atoms with Gasteiger partial charge in [0.15, 0.2) is 0 Å². The van der Waals surface area contributed by atoms with Crippen LogP contribution in [0.1, 0.15) is 24.8 Å². The van der Waals surface area contributed by atoms with Gasteiger partial charge >= 0.3 is 12.0 Å². The fourth-order valence-electron chi connectivity index (χ4n) is 3.01. The summed E-state index contributed by atoms with van der Waals surface area (Å²) in [5, 5.41) is 4.44. The zero-order valence-electron chi connectivity index (χ0n) is 11.8. The van der Waals surface area contributed by atoms with Crippen LogP contribution < -0.4 is 16.0 Å². The first-order valence-electron chi connectivity index (χ1n) is 7.18. The Labute approximate surface area is 121 Å². The molecule has 21 heavy (non-hydrogen) atoms. The number of ether oxygens (including phenoxy) is 1. The molecule has 2 atom stereocenters. The fourth-order valence-corrected chi connectivity index (χ4v) is 3.01. The average Bonchev–Trinajstić information content (AvgIpc) is 2.87.